The predicted molar refractivity (Wildman–Crippen MR) is 89.3 cm³/mol. The summed E-state index contributed by atoms with van der Waals surface area (Å²) in [5.41, 5.74) is -1.82. The molecule has 0 spiro atoms. The molecule has 1 aliphatic heterocycles. The molecule has 3 rings (SSSR count). The Morgan fingerprint density at radius 2 is 1.89 bits per heavy atom. The van der Waals surface area contributed by atoms with Crippen LogP contribution < -0.4 is 10.4 Å². The Kier molecular flexibility index (Phi) is 5.00. The second-order valence-electron chi connectivity index (χ2n) is 5.92. The summed E-state index contributed by atoms with van der Waals surface area (Å²) in [6, 6.07) is 5.04. The summed E-state index contributed by atoms with van der Waals surface area (Å²) in [5, 5.41) is -0.579. The van der Waals surface area contributed by atoms with E-state index < -0.39 is 43.4 Å². The lowest BCUT2D eigenvalue weighted by Crippen LogP contribution is -2.56. The number of rotatable bonds is 4. The average molecular weight is 424 g/mol. The molecule has 11 heteroatoms. The summed E-state index contributed by atoms with van der Waals surface area (Å²) in [5.74, 6) is 0.568. The van der Waals surface area contributed by atoms with Gasteiger partial charge < -0.3 is 9.15 Å². The first-order valence-corrected chi connectivity index (χ1v) is 9.44. The van der Waals surface area contributed by atoms with Crippen LogP contribution >= 0.6 is 11.6 Å². The molecule has 2 aromatic rings. The van der Waals surface area contributed by atoms with E-state index in [1.165, 1.54) is 6.07 Å². The van der Waals surface area contributed by atoms with Crippen LogP contribution in [0.1, 0.15) is 11.3 Å². The highest BCUT2D eigenvalue weighted by molar-refractivity contribution is 7.89. The van der Waals surface area contributed by atoms with Crippen molar-refractivity contribution in [3.63, 3.8) is 0 Å². The van der Waals surface area contributed by atoms with E-state index in [4.69, 9.17) is 20.8 Å². The van der Waals surface area contributed by atoms with Gasteiger partial charge in [0, 0.05) is 6.07 Å². The minimum Gasteiger partial charge on any atom is -0.487 e. The summed E-state index contributed by atoms with van der Waals surface area (Å²) in [6.45, 7) is 1.43. The van der Waals surface area contributed by atoms with E-state index in [2.05, 4.69) is 0 Å². The van der Waals surface area contributed by atoms with Gasteiger partial charge in [-0.2, -0.15) is 17.5 Å². The van der Waals surface area contributed by atoms with Gasteiger partial charge in [0.15, 0.2) is 0 Å². The van der Waals surface area contributed by atoms with Gasteiger partial charge in [-0.3, -0.25) is 0 Å². The van der Waals surface area contributed by atoms with Crippen molar-refractivity contribution in [3.8, 4) is 5.75 Å². The van der Waals surface area contributed by atoms with Gasteiger partial charge in [0.1, 0.15) is 17.6 Å². The third-order valence-electron chi connectivity index (χ3n) is 3.87. The van der Waals surface area contributed by atoms with Gasteiger partial charge in [-0.1, -0.05) is 11.6 Å². The maximum Gasteiger partial charge on any atom is 0.417 e. The molecule has 1 aromatic heterocycles. The smallest absolute Gasteiger partial charge is 0.417 e. The van der Waals surface area contributed by atoms with Gasteiger partial charge >= 0.3 is 11.8 Å². The molecule has 27 heavy (non-hydrogen) atoms. The van der Waals surface area contributed by atoms with Crippen molar-refractivity contribution in [2.75, 3.05) is 13.1 Å². The maximum atomic E-state index is 12.9. The standard InChI is InChI=1S/C16H13ClF3NO5S/c1-9-4-10(5-15(22)25-9)26-11-7-21(8-11)27(23,24)12-2-3-14(17)13(6-12)16(18,19)20/h2-6,11H,7-8H2,1H3. The second kappa shape index (κ2) is 6.84. The van der Waals surface area contributed by atoms with Crippen molar-refractivity contribution < 1.29 is 30.7 Å². The number of alkyl halides is 3. The van der Waals surface area contributed by atoms with Gasteiger partial charge in [-0.15, -0.1) is 0 Å². The highest BCUT2D eigenvalue weighted by Gasteiger charge is 2.40. The highest BCUT2D eigenvalue weighted by Crippen LogP contribution is 2.37. The van der Waals surface area contributed by atoms with Crippen molar-refractivity contribution in [2.24, 2.45) is 0 Å². The first-order valence-electron chi connectivity index (χ1n) is 7.62. The molecule has 0 bridgehead atoms. The Morgan fingerprint density at radius 3 is 2.48 bits per heavy atom. The summed E-state index contributed by atoms with van der Waals surface area (Å²) in [6.07, 6.45) is -5.30. The summed E-state index contributed by atoms with van der Waals surface area (Å²) >= 11 is 5.52. The van der Waals surface area contributed by atoms with Crippen LogP contribution in [0.4, 0.5) is 13.2 Å². The number of sulfonamides is 1. The third-order valence-corrected chi connectivity index (χ3v) is 6.02. The number of nitrogens with zero attached hydrogens (tertiary/aromatic N) is 1. The van der Waals surface area contributed by atoms with Crippen molar-refractivity contribution in [2.45, 2.75) is 24.1 Å². The van der Waals surface area contributed by atoms with Gasteiger partial charge in [-0.05, 0) is 25.1 Å². The first-order chi connectivity index (χ1) is 12.5. The first kappa shape index (κ1) is 19.7. The van der Waals surface area contributed by atoms with Crippen LogP contribution in [-0.2, 0) is 16.2 Å². The van der Waals surface area contributed by atoms with Crippen LogP contribution in [0.5, 0.6) is 5.75 Å². The third kappa shape index (κ3) is 4.12. The van der Waals surface area contributed by atoms with Crippen LogP contribution in [0.2, 0.25) is 5.02 Å². The lowest BCUT2D eigenvalue weighted by atomic mass is 10.2. The molecule has 1 saturated heterocycles. The zero-order valence-electron chi connectivity index (χ0n) is 13.8. The van der Waals surface area contributed by atoms with E-state index in [1.807, 2.05) is 0 Å². The molecule has 1 aromatic carbocycles. The molecule has 0 saturated carbocycles. The zero-order chi connectivity index (χ0) is 20.0. The molecular weight excluding hydrogens is 411 g/mol. The minimum atomic E-state index is -4.77. The number of halogens is 4. The Labute approximate surface area is 157 Å². The fourth-order valence-corrected chi connectivity index (χ4v) is 4.29. The van der Waals surface area contributed by atoms with E-state index in [0.717, 1.165) is 22.5 Å². The molecule has 0 N–H and O–H groups in total. The molecule has 1 fully saturated rings. The average Bonchev–Trinajstić information content (AvgIpc) is 2.48. The SMILES string of the molecule is Cc1cc(OC2CN(S(=O)(=O)c3ccc(Cl)c(C(F)(F)F)c3)C2)cc(=O)o1. The van der Waals surface area contributed by atoms with Crippen LogP contribution in [0.15, 0.2) is 44.4 Å². The van der Waals surface area contributed by atoms with E-state index >= 15 is 0 Å². The fraction of sp³-hybridized carbons (Fsp3) is 0.312. The second-order valence-corrected chi connectivity index (χ2v) is 8.27. The number of hydrogen-bond donors (Lipinski definition) is 0. The monoisotopic (exact) mass is 423 g/mol. The van der Waals surface area contributed by atoms with E-state index in [9.17, 15) is 26.4 Å². The minimum absolute atomic E-state index is 0.0639. The van der Waals surface area contributed by atoms with Gasteiger partial charge in [0.05, 0.1) is 34.6 Å². The highest BCUT2D eigenvalue weighted by atomic mass is 35.5. The van der Waals surface area contributed by atoms with Crippen molar-refractivity contribution in [1.29, 1.82) is 0 Å². The summed E-state index contributed by atoms with van der Waals surface area (Å²) in [7, 11) is -4.13. The summed E-state index contributed by atoms with van der Waals surface area (Å²) < 4.78 is 75.1. The number of aryl methyl sites for hydroxylation is 1. The zero-order valence-corrected chi connectivity index (χ0v) is 15.4. The molecule has 0 atom stereocenters. The molecule has 0 radical (unpaired) electrons. The Balaban J connectivity index is 1.74. The maximum absolute atomic E-state index is 12.9. The van der Waals surface area contributed by atoms with E-state index in [0.29, 0.717) is 11.8 Å². The van der Waals surface area contributed by atoms with E-state index in [-0.39, 0.29) is 18.8 Å². The largest absolute Gasteiger partial charge is 0.487 e. The molecule has 2 heterocycles. The molecule has 6 nitrogen and oxygen atoms in total. The summed E-state index contributed by atoms with van der Waals surface area (Å²) in [4.78, 5) is 10.8. The van der Waals surface area contributed by atoms with Crippen LogP contribution in [-0.4, -0.2) is 31.9 Å². The molecule has 0 amide bonds. The number of ether oxygens (including phenoxy) is 1. The Hall–Kier alpha value is -2.04. The lowest BCUT2D eigenvalue weighted by Gasteiger charge is -2.37. The Morgan fingerprint density at radius 1 is 1.22 bits per heavy atom. The van der Waals surface area contributed by atoms with E-state index in [1.54, 1.807) is 6.92 Å². The van der Waals surface area contributed by atoms with Crippen molar-refractivity contribution >= 4 is 21.6 Å². The predicted octanol–water partition coefficient (Wildman–Crippen LogP) is 3.07. The van der Waals surface area contributed by atoms with Crippen LogP contribution in [0.25, 0.3) is 0 Å². The number of hydrogen-bond acceptors (Lipinski definition) is 5. The lowest BCUT2D eigenvalue weighted by molar-refractivity contribution is -0.137. The van der Waals surface area contributed by atoms with Gasteiger partial charge in [-0.25, -0.2) is 13.2 Å². The topological polar surface area (TPSA) is 76.8 Å². The number of benzene rings is 1. The molecule has 1 aliphatic rings. The Bertz CT molecular complexity index is 1030. The van der Waals surface area contributed by atoms with Crippen molar-refractivity contribution in [1.82, 2.24) is 4.31 Å². The van der Waals surface area contributed by atoms with Gasteiger partial charge in [0.2, 0.25) is 10.0 Å². The van der Waals surface area contributed by atoms with Crippen molar-refractivity contribution in [3.05, 3.63) is 57.1 Å². The molecule has 0 aliphatic carbocycles. The van der Waals surface area contributed by atoms with Crippen LogP contribution in [0, 0.1) is 6.92 Å². The molecular formula is C16H13ClF3NO5S. The molecule has 0 unspecified atom stereocenters. The van der Waals surface area contributed by atoms with Crippen LogP contribution in [0.3, 0.4) is 0 Å². The molecule has 146 valence electrons. The quantitative estimate of drug-likeness (QED) is 0.755. The fourth-order valence-electron chi connectivity index (χ4n) is 2.54. The van der Waals surface area contributed by atoms with Gasteiger partial charge in [0.25, 0.3) is 0 Å². The normalized spacial score (nSPS) is 16.2.